The van der Waals surface area contributed by atoms with Gasteiger partial charge < -0.3 is 9.47 Å². The number of allylic oxidation sites excluding steroid dienone is 4. The zero-order valence-corrected chi connectivity index (χ0v) is 24.0. The normalized spacial score (nSPS) is 15.0. The molecule has 0 spiro atoms. The van der Waals surface area contributed by atoms with E-state index in [0.29, 0.717) is 26.9 Å². The number of benzene rings is 3. The van der Waals surface area contributed by atoms with Crippen molar-refractivity contribution in [3.05, 3.63) is 136 Å². The molecule has 206 valence electrons. The summed E-state index contributed by atoms with van der Waals surface area (Å²) in [7, 11) is 0. The molecule has 0 saturated heterocycles. The van der Waals surface area contributed by atoms with Crippen LogP contribution < -0.4 is 4.74 Å². The molecule has 0 N–H and O–H groups in total. The first kappa shape index (κ1) is 29.4. The van der Waals surface area contributed by atoms with Crippen LogP contribution in [0.5, 0.6) is 5.75 Å². The van der Waals surface area contributed by atoms with Gasteiger partial charge in [-0.05, 0) is 97.1 Å². The summed E-state index contributed by atoms with van der Waals surface area (Å²) in [5.41, 5.74) is 2.77. The Bertz CT molecular complexity index is 1410. The molecule has 4 rings (SSSR count). The zero-order chi connectivity index (χ0) is 28.5. The molecule has 0 heterocycles. The van der Waals surface area contributed by atoms with Crippen molar-refractivity contribution in [3.63, 3.8) is 0 Å². The number of hydrogen-bond acceptors (Lipinski definition) is 4. The van der Waals surface area contributed by atoms with Crippen molar-refractivity contribution in [3.8, 4) is 5.75 Å². The standard InChI is InChI=1S/C34H32Cl2O4/c1-3-8-27(16-11-24(2)39-32(37)25-12-17-29(35)18-13-25)34(21-5-4-6-22-34)28-9-7-10-31(23-28)40-33(38)26-14-19-30(36)20-15-26/h7-20,23H,2-6,21-22H2,1H3/b16-11-,27-8+. The first-order valence-corrected chi connectivity index (χ1v) is 14.2. The molecule has 0 bridgehead atoms. The fourth-order valence-electron chi connectivity index (χ4n) is 5.13. The molecule has 3 aromatic rings. The van der Waals surface area contributed by atoms with Gasteiger partial charge in [0.05, 0.1) is 11.1 Å². The van der Waals surface area contributed by atoms with E-state index in [1.165, 1.54) is 6.42 Å². The minimum absolute atomic E-state index is 0.249. The number of carbonyl (C=O) groups is 2. The average molecular weight is 576 g/mol. The van der Waals surface area contributed by atoms with Crippen LogP contribution in [0.25, 0.3) is 0 Å². The molecule has 3 aromatic carbocycles. The van der Waals surface area contributed by atoms with Crippen LogP contribution in [0, 0.1) is 0 Å². The van der Waals surface area contributed by atoms with Gasteiger partial charge in [-0.25, -0.2) is 9.59 Å². The average Bonchev–Trinajstić information content (AvgIpc) is 2.96. The van der Waals surface area contributed by atoms with Crippen molar-refractivity contribution < 1.29 is 19.1 Å². The van der Waals surface area contributed by atoms with Gasteiger partial charge in [-0.2, -0.15) is 0 Å². The molecule has 40 heavy (non-hydrogen) atoms. The van der Waals surface area contributed by atoms with Gasteiger partial charge in [-0.1, -0.05) is 80.3 Å². The number of esters is 2. The lowest BCUT2D eigenvalue weighted by Gasteiger charge is -2.39. The third kappa shape index (κ3) is 7.32. The van der Waals surface area contributed by atoms with Crippen LogP contribution in [-0.2, 0) is 10.2 Å². The third-order valence-corrected chi connectivity index (χ3v) is 7.62. The maximum Gasteiger partial charge on any atom is 0.343 e. The number of carbonyl (C=O) groups excluding carboxylic acids is 2. The fourth-order valence-corrected chi connectivity index (χ4v) is 5.38. The summed E-state index contributed by atoms with van der Waals surface area (Å²) in [6.45, 7) is 6.04. The molecule has 0 radical (unpaired) electrons. The lowest BCUT2D eigenvalue weighted by Crippen LogP contribution is -2.31. The molecule has 1 aliphatic carbocycles. The van der Waals surface area contributed by atoms with E-state index in [2.05, 4.69) is 25.6 Å². The van der Waals surface area contributed by atoms with E-state index in [0.717, 1.165) is 43.2 Å². The van der Waals surface area contributed by atoms with E-state index >= 15 is 0 Å². The van der Waals surface area contributed by atoms with Crippen LogP contribution in [-0.4, -0.2) is 11.9 Å². The second-order valence-corrected chi connectivity index (χ2v) is 10.7. The van der Waals surface area contributed by atoms with Crippen LogP contribution in [0.3, 0.4) is 0 Å². The lowest BCUT2D eigenvalue weighted by molar-refractivity contribution is 0.0637. The largest absolute Gasteiger partial charge is 0.424 e. The summed E-state index contributed by atoms with van der Waals surface area (Å²) in [5, 5.41) is 1.11. The smallest absolute Gasteiger partial charge is 0.343 e. The van der Waals surface area contributed by atoms with Crippen molar-refractivity contribution in [2.75, 3.05) is 0 Å². The van der Waals surface area contributed by atoms with Crippen LogP contribution in [0.15, 0.2) is 109 Å². The molecule has 0 amide bonds. The SMILES string of the molecule is C=C(/C=C\C(=C/CC)C1(c2cccc(OC(=O)c3ccc(Cl)cc3)c2)CCCCC1)OC(=O)c1ccc(Cl)cc1. The van der Waals surface area contributed by atoms with Crippen molar-refractivity contribution in [1.29, 1.82) is 0 Å². The first-order chi connectivity index (χ1) is 19.3. The van der Waals surface area contributed by atoms with Crippen molar-refractivity contribution in [2.24, 2.45) is 0 Å². The summed E-state index contributed by atoms with van der Waals surface area (Å²) < 4.78 is 11.2. The van der Waals surface area contributed by atoms with E-state index in [4.69, 9.17) is 32.7 Å². The Morgan fingerprint density at radius 2 is 1.45 bits per heavy atom. The maximum absolute atomic E-state index is 12.8. The van der Waals surface area contributed by atoms with Crippen LogP contribution in [0.2, 0.25) is 10.0 Å². The summed E-state index contributed by atoms with van der Waals surface area (Å²) in [6.07, 6.45) is 12.0. The highest BCUT2D eigenvalue weighted by molar-refractivity contribution is 6.31. The molecule has 0 atom stereocenters. The Kier molecular flexibility index (Phi) is 10.0. The Morgan fingerprint density at radius 3 is 2.05 bits per heavy atom. The number of rotatable bonds is 9. The summed E-state index contributed by atoms with van der Waals surface area (Å²) in [4.78, 5) is 25.3. The Balaban J connectivity index is 1.57. The maximum atomic E-state index is 12.8. The van der Waals surface area contributed by atoms with E-state index in [1.54, 1.807) is 60.7 Å². The van der Waals surface area contributed by atoms with Gasteiger partial charge in [-0.15, -0.1) is 0 Å². The molecule has 0 unspecified atom stereocenters. The summed E-state index contributed by atoms with van der Waals surface area (Å²) >= 11 is 11.9. The van der Waals surface area contributed by atoms with E-state index in [9.17, 15) is 9.59 Å². The quantitative estimate of drug-likeness (QED) is 0.110. The molecule has 4 nitrogen and oxygen atoms in total. The fraction of sp³-hybridized carbons (Fsp3) is 0.235. The second kappa shape index (κ2) is 13.6. The Morgan fingerprint density at radius 1 is 0.850 bits per heavy atom. The van der Waals surface area contributed by atoms with Crippen LogP contribution in [0.4, 0.5) is 0 Å². The number of halogens is 2. The summed E-state index contributed by atoms with van der Waals surface area (Å²) in [5.74, 6) is -0.188. The van der Waals surface area contributed by atoms with Gasteiger partial charge in [0.15, 0.2) is 0 Å². The minimum atomic E-state index is -0.491. The first-order valence-electron chi connectivity index (χ1n) is 13.4. The molecule has 1 saturated carbocycles. The molecule has 0 aliphatic heterocycles. The van der Waals surface area contributed by atoms with Crippen LogP contribution >= 0.6 is 23.2 Å². The highest BCUT2D eigenvalue weighted by Gasteiger charge is 2.36. The van der Waals surface area contributed by atoms with Crippen molar-refractivity contribution >= 4 is 35.1 Å². The second-order valence-electron chi connectivity index (χ2n) is 9.83. The minimum Gasteiger partial charge on any atom is -0.424 e. The van der Waals surface area contributed by atoms with Gasteiger partial charge in [0.2, 0.25) is 0 Å². The topological polar surface area (TPSA) is 52.6 Å². The van der Waals surface area contributed by atoms with Gasteiger partial charge in [0.25, 0.3) is 0 Å². The predicted octanol–water partition coefficient (Wildman–Crippen LogP) is 9.68. The van der Waals surface area contributed by atoms with E-state index < -0.39 is 11.9 Å². The van der Waals surface area contributed by atoms with Crippen molar-refractivity contribution in [2.45, 2.75) is 50.9 Å². The molecule has 1 aliphatic rings. The van der Waals surface area contributed by atoms with Crippen LogP contribution in [0.1, 0.15) is 71.7 Å². The molecule has 0 aromatic heterocycles. The Labute approximate surface area is 245 Å². The van der Waals surface area contributed by atoms with E-state index in [1.807, 2.05) is 18.2 Å². The van der Waals surface area contributed by atoms with Gasteiger partial charge in [0.1, 0.15) is 11.5 Å². The monoisotopic (exact) mass is 574 g/mol. The zero-order valence-electron chi connectivity index (χ0n) is 22.5. The number of ether oxygens (including phenoxy) is 2. The molecular weight excluding hydrogens is 543 g/mol. The molecule has 6 heteroatoms. The summed E-state index contributed by atoms with van der Waals surface area (Å²) in [6, 6.07) is 20.9. The number of hydrogen-bond donors (Lipinski definition) is 0. The van der Waals surface area contributed by atoms with Gasteiger partial charge >= 0.3 is 11.9 Å². The van der Waals surface area contributed by atoms with Crippen molar-refractivity contribution in [1.82, 2.24) is 0 Å². The third-order valence-electron chi connectivity index (χ3n) is 7.11. The van der Waals surface area contributed by atoms with Gasteiger partial charge in [0, 0.05) is 15.5 Å². The molecular formula is C34H32Cl2O4. The highest BCUT2D eigenvalue weighted by Crippen LogP contribution is 2.46. The lowest BCUT2D eigenvalue weighted by atomic mass is 9.64. The Hall–Kier alpha value is -3.60. The highest BCUT2D eigenvalue weighted by atomic mass is 35.5. The van der Waals surface area contributed by atoms with E-state index in [-0.39, 0.29) is 11.2 Å². The molecule has 1 fully saturated rings. The van der Waals surface area contributed by atoms with Gasteiger partial charge in [-0.3, -0.25) is 0 Å². The predicted molar refractivity (Wildman–Crippen MR) is 161 cm³/mol.